The molecule has 0 spiro atoms. The molecule has 0 aliphatic heterocycles. The normalized spacial score (nSPS) is 10.4. The summed E-state index contributed by atoms with van der Waals surface area (Å²) in [5.74, 6) is 1.31. The molecule has 0 N–H and O–H groups in total. The van der Waals surface area contributed by atoms with Crippen LogP contribution in [0.5, 0.6) is 11.6 Å². The van der Waals surface area contributed by atoms with Gasteiger partial charge in [0.1, 0.15) is 17.2 Å². The highest BCUT2D eigenvalue weighted by atomic mass is 35.5. The first-order valence-electron chi connectivity index (χ1n) is 5.85. The Bertz CT molecular complexity index is 549. The number of aryl methyl sites for hydroxylation is 2. The molecule has 0 fully saturated rings. The Hall–Kier alpha value is -1.61. The van der Waals surface area contributed by atoms with Crippen LogP contribution in [0.1, 0.15) is 23.6 Å². The van der Waals surface area contributed by atoms with Crippen molar-refractivity contribution in [2.24, 2.45) is 0 Å². The number of hydrogen-bond donors (Lipinski definition) is 0. The molecule has 94 valence electrons. The van der Waals surface area contributed by atoms with Gasteiger partial charge in [-0.05, 0) is 43.5 Å². The van der Waals surface area contributed by atoms with Crippen LogP contribution in [0, 0.1) is 13.8 Å². The number of aromatic nitrogens is 2. The van der Waals surface area contributed by atoms with Gasteiger partial charge in [-0.25, -0.2) is 9.97 Å². The van der Waals surface area contributed by atoms with Crippen LogP contribution < -0.4 is 4.74 Å². The molecule has 0 unspecified atom stereocenters. The highest BCUT2D eigenvalue weighted by Gasteiger charge is 2.10. The second-order valence-corrected chi connectivity index (χ2v) is 4.59. The molecule has 1 heterocycles. The van der Waals surface area contributed by atoms with Crippen molar-refractivity contribution in [3.8, 4) is 11.6 Å². The Labute approximate surface area is 112 Å². The molecule has 0 aliphatic carbocycles. The Morgan fingerprint density at radius 1 is 1.11 bits per heavy atom. The molecule has 2 aromatic rings. The van der Waals surface area contributed by atoms with Crippen LogP contribution in [-0.4, -0.2) is 9.97 Å². The third-order valence-corrected chi connectivity index (χ3v) is 2.94. The van der Waals surface area contributed by atoms with Crippen molar-refractivity contribution in [3.63, 3.8) is 0 Å². The minimum atomic E-state index is 0.451. The molecule has 4 heteroatoms. The fourth-order valence-corrected chi connectivity index (χ4v) is 2.12. The fraction of sp³-hybridized carbons (Fsp3) is 0.286. The number of hydrogen-bond acceptors (Lipinski definition) is 3. The molecule has 1 aromatic heterocycles. The lowest BCUT2D eigenvalue weighted by Crippen LogP contribution is -1.97. The van der Waals surface area contributed by atoms with E-state index in [0.717, 1.165) is 28.9 Å². The molecule has 2 rings (SSSR count). The van der Waals surface area contributed by atoms with Crippen molar-refractivity contribution in [2.45, 2.75) is 27.2 Å². The van der Waals surface area contributed by atoms with Crippen LogP contribution in [-0.2, 0) is 6.42 Å². The van der Waals surface area contributed by atoms with E-state index >= 15 is 0 Å². The Balaban J connectivity index is 2.36. The quantitative estimate of drug-likeness (QED) is 0.781. The highest BCUT2D eigenvalue weighted by Crippen LogP contribution is 2.28. The number of nitrogens with zero attached hydrogens (tertiary/aromatic N) is 2. The summed E-state index contributed by atoms with van der Waals surface area (Å²) in [6.07, 6.45) is 2.15. The summed E-state index contributed by atoms with van der Waals surface area (Å²) < 4.78 is 5.81. The van der Waals surface area contributed by atoms with E-state index in [1.54, 1.807) is 0 Å². The summed E-state index contributed by atoms with van der Waals surface area (Å²) in [6.45, 7) is 6.07. The van der Waals surface area contributed by atoms with E-state index in [0.29, 0.717) is 11.0 Å². The van der Waals surface area contributed by atoms with Crippen LogP contribution in [0.4, 0.5) is 0 Å². The Morgan fingerprint density at radius 2 is 1.78 bits per heavy atom. The third-order valence-electron chi connectivity index (χ3n) is 2.62. The number of rotatable bonds is 3. The number of ether oxygens (including phenoxy) is 1. The molecule has 3 nitrogen and oxygen atoms in total. The van der Waals surface area contributed by atoms with E-state index in [-0.39, 0.29) is 0 Å². The molecule has 0 atom stereocenters. The van der Waals surface area contributed by atoms with Gasteiger partial charge in [0.15, 0.2) is 0 Å². The predicted molar refractivity (Wildman–Crippen MR) is 72.4 cm³/mol. The first-order valence-corrected chi connectivity index (χ1v) is 6.23. The van der Waals surface area contributed by atoms with E-state index in [1.165, 1.54) is 6.33 Å². The van der Waals surface area contributed by atoms with Crippen LogP contribution in [0.2, 0.25) is 5.15 Å². The van der Waals surface area contributed by atoms with E-state index in [4.69, 9.17) is 16.3 Å². The van der Waals surface area contributed by atoms with E-state index in [1.807, 2.05) is 32.9 Å². The molecule has 0 saturated heterocycles. The average Bonchev–Trinajstić information content (AvgIpc) is 2.27. The Kier molecular flexibility index (Phi) is 3.82. The zero-order chi connectivity index (χ0) is 13.1. The van der Waals surface area contributed by atoms with E-state index in [9.17, 15) is 0 Å². The second kappa shape index (κ2) is 5.36. The van der Waals surface area contributed by atoms with Gasteiger partial charge in [-0.2, -0.15) is 0 Å². The maximum absolute atomic E-state index is 6.03. The van der Waals surface area contributed by atoms with Crippen LogP contribution in [0.3, 0.4) is 0 Å². The molecule has 0 saturated carbocycles. The molecule has 0 radical (unpaired) electrons. The zero-order valence-electron chi connectivity index (χ0n) is 10.7. The van der Waals surface area contributed by atoms with Gasteiger partial charge in [0.2, 0.25) is 5.88 Å². The van der Waals surface area contributed by atoms with Crippen molar-refractivity contribution >= 4 is 11.6 Å². The predicted octanol–water partition coefficient (Wildman–Crippen LogP) is 4.10. The first kappa shape index (κ1) is 12.8. The van der Waals surface area contributed by atoms with Gasteiger partial charge < -0.3 is 4.74 Å². The lowest BCUT2D eigenvalue weighted by molar-refractivity contribution is 0.454. The summed E-state index contributed by atoms with van der Waals surface area (Å²) in [6, 6.07) is 6.05. The van der Waals surface area contributed by atoms with Gasteiger partial charge in [-0.1, -0.05) is 24.6 Å². The molecule has 18 heavy (non-hydrogen) atoms. The van der Waals surface area contributed by atoms with Gasteiger partial charge >= 0.3 is 0 Å². The van der Waals surface area contributed by atoms with Crippen molar-refractivity contribution in [1.82, 2.24) is 9.97 Å². The van der Waals surface area contributed by atoms with Crippen LogP contribution in [0.15, 0.2) is 24.5 Å². The maximum Gasteiger partial charge on any atom is 0.226 e. The Morgan fingerprint density at radius 3 is 2.39 bits per heavy atom. The lowest BCUT2D eigenvalue weighted by atomic mass is 10.1. The molecule has 0 bridgehead atoms. The monoisotopic (exact) mass is 262 g/mol. The summed E-state index contributed by atoms with van der Waals surface area (Å²) in [5, 5.41) is 0.451. The van der Waals surface area contributed by atoms with Crippen molar-refractivity contribution in [1.29, 1.82) is 0 Å². The van der Waals surface area contributed by atoms with Crippen molar-refractivity contribution in [3.05, 3.63) is 46.4 Å². The van der Waals surface area contributed by atoms with Crippen LogP contribution >= 0.6 is 11.6 Å². The summed E-state index contributed by atoms with van der Waals surface area (Å²) in [4.78, 5) is 8.11. The SMILES string of the molecule is CCc1c(Cl)ncnc1Oc1cc(C)cc(C)c1. The highest BCUT2D eigenvalue weighted by molar-refractivity contribution is 6.30. The van der Waals surface area contributed by atoms with Crippen molar-refractivity contribution < 1.29 is 4.74 Å². The van der Waals surface area contributed by atoms with Gasteiger partial charge in [0.05, 0.1) is 5.56 Å². The zero-order valence-corrected chi connectivity index (χ0v) is 11.5. The van der Waals surface area contributed by atoms with Crippen LogP contribution in [0.25, 0.3) is 0 Å². The van der Waals surface area contributed by atoms with E-state index < -0.39 is 0 Å². The maximum atomic E-state index is 6.03. The number of benzene rings is 1. The van der Waals surface area contributed by atoms with Gasteiger partial charge in [0.25, 0.3) is 0 Å². The second-order valence-electron chi connectivity index (χ2n) is 4.23. The standard InChI is InChI=1S/C14H15ClN2O/c1-4-12-13(15)16-8-17-14(12)18-11-6-9(2)5-10(3)7-11/h5-8H,4H2,1-3H3. The minimum Gasteiger partial charge on any atom is -0.439 e. The van der Waals surface area contributed by atoms with Gasteiger partial charge in [-0.15, -0.1) is 0 Å². The molecular weight excluding hydrogens is 248 g/mol. The summed E-state index contributed by atoms with van der Waals surface area (Å²) in [7, 11) is 0. The molecule has 0 amide bonds. The number of halogens is 1. The summed E-state index contributed by atoms with van der Waals surface area (Å²) in [5.41, 5.74) is 3.14. The fourth-order valence-electron chi connectivity index (χ4n) is 1.86. The van der Waals surface area contributed by atoms with Gasteiger partial charge in [-0.3, -0.25) is 0 Å². The average molecular weight is 263 g/mol. The lowest BCUT2D eigenvalue weighted by Gasteiger charge is -2.10. The van der Waals surface area contributed by atoms with Gasteiger partial charge in [0, 0.05) is 0 Å². The topological polar surface area (TPSA) is 35.0 Å². The minimum absolute atomic E-state index is 0.451. The molecule has 1 aromatic carbocycles. The first-order chi connectivity index (χ1) is 8.60. The smallest absolute Gasteiger partial charge is 0.226 e. The molecule has 0 aliphatic rings. The largest absolute Gasteiger partial charge is 0.439 e. The van der Waals surface area contributed by atoms with Crippen molar-refractivity contribution in [2.75, 3.05) is 0 Å². The third kappa shape index (κ3) is 2.79. The molecular formula is C14H15ClN2O. The van der Waals surface area contributed by atoms with E-state index in [2.05, 4.69) is 16.0 Å². The summed E-state index contributed by atoms with van der Waals surface area (Å²) >= 11 is 6.03.